The van der Waals surface area contributed by atoms with Gasteiger partial charge in [-0.1, -0.05) is 80.2 Å². The first kappa shape index (κ1) is 20.9. The van der Waals surface area contributed by atoms with E-state index in [9.17, 15) is 4.79 Å². The molecule has 3 N–H and O–H groups in total. The molecule has 4 rings (SSSR count). The second-order valence-corrected chi connectivity index (χ2v) is 8.64. The van der Waals surface area contributed by atoms with Crippen LogP contribution >= 0.6 is 11.8 Å². The van der Waals surface area contributed by atoms with Crippen LogP contribution in [0.4, 0.5) is 5.69 Å². The lowest BCUT2D eigenvalue weighted by Crippen LogP contribution is -2.17. The van der Waals surface area contributed by atoms with Crippen molar-refractivity contribution in [2.75, 3.05) is 16.9 Å². The zero-order chi connectivity index (χ0) is 21.8. The average molecular weight is 432 g/mol. The number of thioether (sulfide) groups is 1. The normalized spacial score (nSPS) is 11.2. The second kappa shape index (κ2) is 9.22. The summed E-state index contributed by atoms with van der Waals surface area (Å²) in [6.45, 7) is 4.28. The monoisotopic (exact) mass is 431 g/mol. The minimum Gasteiger partial charge on any atom is -0.336 e. The molecule has 0 spiro atoms. The molecule has 0 aliphatic heterocycles. The Morgan fingerprint density at radius 3 is 2.55 bits per heavy atom. The number of nitrogen functional groups attached to an aromatic ring is 1. The number of hydrogen-bond acceptors (Lipinski definition) is 5. The molecule has 0 saturated heterocycles. The standard InChI is InChI=1S/C24H25N5OS/c1-16(2)17-10-12-20(13-11-17)26-23(30)15-31-24-28-27-22(29(24)25)14-19-8-5-7-18-6-3-4-9-21(18)19/h3-13,16H,14-15,25H2,1-2H3,(H,26,30). The Bertz CT molecular complexity index is 1200. The summed E-state index contributed by atoms with van der Waals surface area (Å²) in [7, 11) is 0. The zero-order valence-corrected chi connectivity index (χ0v) is 18.4. The summed E-state index contributed by atoms with van der Waals surface area (Å²) in [4.78, 5) is 12.3. The molecule has 3 aromatic carbocycles. The summed E-state index contributed by atoms with van der Waals surface area (Å²) in [6, 6.07) is 22.3. The maximum atomic E-state index is 12.3. The number of benzene rings is 3. The first-order valence-corrected chi connectivity index (χ1v) is 11.2. The predicted octanol–water partition coefficient (Wildman–Crippen LogP) is 4.59. The van der Waals surface area contributed by atoms with Crippen LogP contribution in [0.15, 0.2) is 71.9 Å². The third kappa shape index (κ3) is 4.88. The Kier molecular flexibility index (Phi) is 6.23. The summed E-state index contributed by atoms with van der Waals surface area (Å²) in [6.07, 6.45) is 0.569. The lowest BCUT2D eigenvalue weighted by Gasteiger charge is -2.09. The van der Waals surface area contributed by atoms with E-state index in [1.807, 2.05) is 42.5 Å². The van der Waals surface area contributed by atoms with Crippen LogP contribution in [0.5, 0.6) is 0 Å². The lowest BCUT2D eigenvalue weighted by atomic mass is 10.0. The van der Waals surface area contributed by atoms with E-state index < -0.39 is 0 Å². The van der Waals surface area contributed by atoms with E-state index in [1.165, 1.54) is 32.8 Å². The number of nitrogens with one attached hydrogen (secondary N) is 1. The van der Waals surface area contributed by atoms with Crippen LogP contribution in [0.2, 0.25) is 0 Å². The van der Waals surface area contributed by atoms with Crippen molar-refractivity contribution in [1.82, 2.24) is 14.9 Å². The number of amides is 1. The van der Waals surface area contributed by atoms with Gasteiger partial charge in [0.1, 0.15) is 0 Å². The first-order valence-electron chi connectivity index (χ1n) is 10.2. The van der Waals surface area contributed by atoms with E-state index in [-0.39, 0.29) is 11.7 Å². The molecule has 0 aliphatic carbocycles. The summed E-state index contributed by atoms with van der Waals surface area (Å²) in [5.74, 6) is 7.43. The van der Waals surface area contributed by atoms with Crippen molar-refractivity contribution >= 4 is 34.1 Å². The highest BCUT2D eigenvalue weighted by Gasteiger charge is 2.14. The molecule has 0 saturated carbocycles. The third-order valence-electron chi connectivity index (χ3n) is 5.16. The summed E-state index contributed by atoms with van der Waals surface area (Å²) >= 11 is 1.27. The van der Waals surface area contributed by atoms with Gasteiger partial charge in [-0.3, -0.25) is 4.79 Å². The molecule has 0 atom stereocenters. The van der Waals surface area contributed by atoms with E-state index in [1.54, 1.807) is 0 Å². The van der Waals surface area contributed by atoms with Crippen molar-refractivity contribution in [2.24, 2.45) is 0 Å². The summed E-state index contributed by atoms with van der Waals surface area (Å²) < 4.78 is 1.47. The first-order chi connectivity index (χ1) is 15.0. The summed E-state index contributed by atoms with van der Waals surface area (Å²) in [5, 5.41) is 14.2. The van der Waals surface area contributed by atoms with Gasteiger partial charge in [0, 0.05) is 12.1 Å². The maximum Gasteiger partial charge on any atom is 0.234 e. The van der Waals surface area contributed by atoms with Crippen LogP contribution in [0.25, 0.3) is 10.8 Å². The number of rotatable bonds is 7. The molecule has 1 heterocycles. The van der Waals surface area contributed by atoms with Crippen LogP contribution in [0.1, 0.15) is 36.7 Å². The van der Waals surface area contributed by atoms with Gasteiger partial charge in [-0.15, -0.1) is 10.2 Å². The Morgan fingerprint density at radius 2 is 1.77 bits per heavy atom. The van der Waals surface area contributed by atoms with Gasteiger partial charge in [-0.25, -0.2) is 4.68 Å². The van der Waals surface area contributed by atoms with Gasteiger partial charge in [0.2, 0.25) is 11.1 Å². The van der Waals surface area contributed by atoms with Gasteiger partial charge in [0.05, 0.1) is 5.75 Å². The van der Waals surface area contributed by atoms with E-state index in [4.69, 9.17) is 5.84 Å². The van der Waals surface area contributed by atoms with Crippen molar-refractivity contribution in [2.45, 2.75) is 31.3 Å². The topological polar surface area (TPSA) is 85.8 Å². The highest BCUT2D eigenvalue weighted by atomic mass is 32.2. The zero-order valence-electron chi connectivity index (χ0n) is 17.6. The van der Waals surface area contributed by atoms with Crippen molar-refractivity contribution < 1.29 is 4.79 Å². The number of nitrogens with two attached hydrogens (primary N) is 1. The maximum absolute atomic E-state index is 12.3. The molecule has 6 nitrogen and oxygen atoms in total. The number of carbonyl (C=O) groups is 1. The molecule has 0 unspecified atom stereocenters. The van der Waals surface area contributed by atoms with Crippen molar-refractivity contribution in [3.8, 4) is 0 Å². The van der Waals surface area contributed by atoms with Gasteiger partial charge in [0.25, 0.3) is 0 Å². The summed E-state index contributed by atoms with van der Waals surface area (Å²) in [5.41, 5.74) is 3.15. The van der Waals surface area contributed by atoms with Crippen LogP contribution in [-0.2, 0) is 11.2 Å². The van der Waals surface area contributed by atoms with Crippen LogP contribution in [-0.4, -0.2) is 26.5 Å². The second-order valence-electron chi connectivity index (χ2n) is 7.70. The number of aromatic nitrogens is 3. The minimum atomic E-state index is -0.110. The van der Waals surface area contributed by atoms with E-state index in [0.717, 1.165) is 11.3 Å². The van der Waals surface area contributed by atoms with Gasteiger partial charge < -0.3 is 11.2 Å². The minimum absolute atomic E-state index is 0.110. The largest absolute Gasteiger partial charge is 0.336 e. The smallest absolute Gasteiger partial charge is 0.234 e. The molecule has 0 bridgehead atoms. The Morgan fingerprint density at radius 1 is 1.03 bits per heavy atom. The molecular formula is C24H25N5OS. The Hall–Kier alpha value is -3.32. The van der Waals surface area contributed by atoms with E-state index in [2.05, 4.69) is 53.6 Å². The molecule has 0 aliphatic rings. The van der Waals surface area contributed by atoms with Crippen molar-refractivity contribution in [1.29, 1.82) is 0 Å². The molecule has 4 aromatic rings. The highest BCUT2D eigenvalue weighted by Crippen LogP contribution is 2.22. The van der Waals surface area contributed by atoms with Crippen LogP contribution < -0.4 is 11.2 Å². The van der Waals surface area contributed by atoms with Gasteiger partial charge >= 0.3 is 0 Å². The van der Waals surface area contributed by atoms with Gasteiger partial charge in [-0.2, -0.15) is 0 Å². The third-order valence-corrected chi connectivity index (χ3v) is 6.10. The molecule has 7 heteroatoms. The van der Waals surface area contributed by atoms with Crippen molar-refractivity contribution in [3.63, 3.8) is 0 Å². The average Bonchev–Trinajstić information content (AvgIpc) is 3.12. The number of carbonyl (C=O) groups excluding carboxylic acids is 1. The Labute approximate surface area is 185 Å². The SMILES string of the molecule is CC(C)c1ccc(NC(=O)CSc2nnc(Cc3cccc4ccccc34)n2N)cc1. The fourth-order valence-corrected chi connectivity index (χ4v) is 4.10. The lowest BCUT2D eigenvalue weighted by molar-refractivity contribution is -0.113. The molecule has 31 heavy (non-hydrogen) atoms. The number of fused-ring (bicyclic) bond motifs is 1. The molecule has 0 fully saturated rings. The highest BCUT2D eigenvalue weighted by molar-refractivity contribution is 7.99. The quantitative estimate of drug-likeness (QED) is 0.330. The molecule has 1 amide bonds. The predicted molar refractivity (Wildman–Crippen MR) is 127 cm³/mol. The van der Waals surface area contributed by atoms with Gasteiger partial charge in [-0.05, 0) is 39.9 Å². The molecular weight excluding hydrogens is 406 g/mol. The number of nitrogens with zero attached hydrogens (tertiary/aromatic N) is 3. The van der Waals surface area contributed by atoms with Gasteiger partial charge in [0.15, 0.2) is 5.82 Å². The van der Waals surface area contributed by atoms with Crippen LogP contribution in [0.3, 0.4) is 0 Å². The van der Waals surface area contributed by atoms with Crippen molar-refractivity contribution in [3.05, 3.63) is 83.7 Å². The fourth-order valence-electron chi connectivity index (χ4n) is 3.42. The Balaban J connectivity index is 1.38. The van der Waals surface area contributed by atoms with Crippen LogP contribution in [0, 0.1) is 0 Å². The van der Waals surface area contributed by atoms with E-state index >= 15 is 0 Å². The molecule has 158 valence electrons. The molecule has 0 radical (unpaired) electrons. The number of hydrogen-bond donors (Lipinski definition) is 2. The molecule has 1 aromatic heterocycles. The van der Waals surface area contributed by atoms with E-state index in [0.29, 0.717) is 23.3 Å². The number of anilines is 1. The fraction of sp³-hybridized carbons (Fsp3) is 0.208.